The number of nitrogens with zero attached hydrogens (tertiary/aromatic N) is 2. The molecule has 2 heterocycles. The molecule has 0 spiro atoms. The molecule has 2 unspecified atom stereocenters. The van der Waals surface area contributed by atoms with Crippen LogP contribution in [0.5, 0.6) is 5.75 Å². The second kappa shape index (κ2) is 9.77. The molecule has 1 aliphatic heterocycles. The molecule has 1 aliphatic carbocycles. The number of hydrogen-bond donors (Lipinski definition) is 1. The normalized spacial score (nSPS) is 22.8. The highest BCUT2D eigenvalue weighted by Gasteiger charge is 2.53. The van der Waals surface area contributed by atoms with E-state index in [0.29, 0.717) is 23.8 Å². The summed E-state index contributed by atoms with van der Waals surface area (Å²) in [6.45, 7) is 11.7. The van der Waals surface area contributed by atoms with Gasteiger partial charge in [-0.15, -0.1) is 11.3 Å². The summed E-state index contributed by atoms with van der Waals surface area (Å²) in [5, 5.41) is 3.36. The Labute approximate surface area is 229 Å². The third-order valence-electron chi connectivity index (χ3n) is 7.55. The van der Waals surface area contributed by atoms with E-state index in [9.17, 15) is 13.2 Å². The largest absolute Gasteiger partial charge is 0.494 e. The number of sulfonamides is 1. The van der Waals surface area contributed by atoms with Crippen molar-refractivity contribution >= 4 is 32.4 Å². The number of rotatable bonds is 7. The number of carbonyl (C=O) groups is 1. The summed E-state index contributed by atoms with van der Waals surface area (Å²) in [4.78, 5) is 18.8. The van der Waals surface area contributed by atoms with Crippen molar-refractivity contribution in [2.24, 2.45) is 10.8 Å². The summed E-state index contributed by atoms with van der Waals surface area (Å²) in [7, 11) is -3.64. The Morgan fingerprint density at radius 2 is 1.79 bits per heavy atom. The first-order chi connectivity index (χ1) is 17.9. The molecule has 5 rings (SSSR count). The lowest BCUT2D eigenvalue weighted by Gasteiger charge is -2.39. The Morgan fingerprint density at radius 3 is 2.45 bits per heavy atom. The number of aromatic nitrogens is 1. The second-order valence-corrected chi connectivity index (χ2v) is 14.7. The van der Waals surface area contributed by atoms with Crippen molar-refractivity contribution in [2.45, 2.75) is 64.8 Å². The van der Waals surface area contributed by atoms with Crippen molar-refractivity contribution in [3.63, 3.8) is 0 Å². The first-order valence-corrected chi connectivity index (χ1v) is 15.3. The Balaban J connectivity index is 1.29. The topological polar surface area (TPSA) is 88.6 Å². The Morgan fingerprint density at radius 1 is 1.11 bits per heavy atom. The van der Waals surface area contributed by atoms with Gasteiger partial charge < -0.3 is 4.74 Å². The number of ether oxygens (including phenoxy) is 1. The maximum Gasteiger partial charge on any atom is 0.257 e. The minimum Gasteiger partial charge on any atom is -0.494 e. The van der Waals surface area contributed by atoms with Crippen LogP contribution in [0.1, 0.15) is 62.2 Å². The molecule has 2 aliphatic rings. The van der Waals surface area contributed by atoms with Gasteiger partial charge in [0.25, 0.3) is 5.91 Å². The van der Waals surface area contributed by atoms with Crippen LogP contribution >= 0.6 is 11.3 Å². The average Bonchev–Trinajstić information content (AvgIpc) is 3.34. The maximum absolute atomic E-state index is 13.5. The molecule has 2 aromatic carbocycles. The maximum atomic E-state index is 13.5. The van der Waals surface area contributed by atoms with Gasteiger partial charge >= 0.3 is 0 Å². The lowest BCUT2D eigenvalue weighted by molar-refractivity contribution is 0.102. The predicted molar refractivity (Wildman–Crippen MR) is 151 cm³/mol. The molecule has 1 saturated carbocycles. The van der Waals surface area contributed by atoms with E-state index in [1.54, 1.807) is 28.6 Å². The molecular weight excluding hydrogens is 518 g/mol. The van der Waals surface area contributed by atoms with E-state index in [0.717, 1.165) is 41.1 Å². The van der Waals surface area contributed by atoms with E-state index in [1.165, 1.54) is 11.3 Å². The van der Waals surface area contributed by atoms with Crippen LogP contribution in [0.3, 0.4) is 0 Å². The summed E-state index contributed by atoms with van der Waals surface area (Å²) < 4.78 is 34.3. The fraction of sp³-hybridized carbons (Fsp3) is 0.448. The third-order valence-corrected chi connectivity index (χ3v) is 10.3. The Hall–Kier alpha value is -2.75. The second-order valence-electron chi connectivity index (χ2n) is 11.6. The van der Waals surface area contributed by atoms with Crippen LogP contribution < -0.4 is 10.1 Å². The predicted octanol–water partition coefficient (Wildman–Crippen LogP) is 6.36. The third kappa shape index (κ3) is 5.24. The Bertz CT molecular complexity index is 1450. The highest BCUT2D eigenvalue weighted by Crippen LogP contribution is 2.53. The number of anilines is 1. The van der Waals surface area contributed by atoms with Crippen LogP contribution in [-0.2, 0) is 10.0 Å². The number of aryl methyl sites for hydroxylation is 1. The van der Waals surface area contributed by atoms with E-state index < -0.39 is 10.0 Å². The quantitative estimate of drug-likeness (QED) is 0.368. The molecule has 38 heavy (non-hydrogen) atoms. The molecule has 2 atom stereocenters. The lowest BCUT2D eigenvalue weighted by atomic mass is 9.65. The molecule has 1 amide bonds. The van der Waals surface area contributed by atoms with Gasteiger partial charge in [0.05, 0.1) is 17.2 Å². The molecule has 0 radical (unpaired) electrons. The van der Waals surface area contributed by atoms with E-state index in [-0.39, 0.29) is 27.7 Å². The Kier molecular flexibility index (Phi) is 6.90. The fourth-order valence-electron chi connectivity index (χ4n) is 6.37. The van der Waals surface area contributed by atoms with Crippen molar-refractivity contribution in [1.82, 2.24) is 9.29 Å². The van der Waals surface area contributed by atoms with Gasteiger partial charge in [0.2, 0.25) is 10.0 Å². The van der Waals surface area contributed by atoms with E-state index >= 15 is 0 Å². The van der Waals surface area contributed by atoms with E-state index in [1.807, 2.05) is 38.1 Å². The summed E-state index contributed by atoms with van der Waals surface area (Å²) in [6.07, 6.45) is 2.80. The summed E-state index contributed by atoms with van der Waals surface area (Å²) in [6, 6.07) is 14.0. The molecule has 202 valence electrons. The van der Waals surface area contributed by atoms with Crippen LogP contribution in [0.25, 0.3) is 11.3 Å². The molecule has 1 aromatic heterocycles. The van der Waals surface area contributed by atoms with Crippen LogP contribution in [0, 0.1) is 17.8 Å². The fourth-order valence-corrected chi connectivity index (χ4v) is 8.97. The van der Waals surface area contributed by atoms with Crippen LogP contribution in [0.4, 0.5) is 5.13 Å². The van der Waals surface area contributed by atoms with E-state index in [4.69, 9.17) is 4.74 Å². The molecule has 3 aromatic rings. The monoisotopic (exact) mass is 553 g/mol. The van der Waals surface area contributed by atoms with E-state index in [2.05, 4.69) is 31.1 Å². The summed E-state index contributed by atoms with van der Waals surface area (Å²) in [5.41, 5.74) is 2.27. The molecule has 1 N–H and O–H groups in total. The zero-order valence-corrected chi connectivity index (χ0v) is 24.2. The minimum absolute atomic E-state index is 0.00926. The zero-order chi connectivity index (χ0) is 27.3. The number of amides is 1. The smallest absolute Gasteiger partial charge is 0.257 e. The van der Waals surface area contributed by atoms with Gasteiger partial charge in [-0.05, 0) is 92.5 Å². The molecule has 9 heteroatoms. The molecule has 2 fully saturated rings. The van der Waals surface area contributed by atoms with Crippen molar-refractivity contribution in [3.05, 3.63) is 59.0 Å². The van der Waals surface area contributed by atoms with Crippen molar-refractivity contribution < 1.29 is 17.9 Å². The van der Waals surface area contributed by atoms with Gasteiger partial charge in [0.1, 0.15) is 5.75 Å². The highest BCUT2D eigenvalue weighted by molar-refractivity contribution is 7.89. The standard InChI is InChI=1S/C29H35N3O4S2/c1-6-36-23-11-7-20(8-12-23)25-19(2)37-27(30-25)31-26(33)21-9-13-24(14-10-21)38(34,35)32-18-29(5)16-22(32)15-28(3,4)17-29/h7-14,22H,6,15-18H2,1-5H3,(H,30,31,33). The number of nitrogens with one attached hydrogen (secondary N) is 1. The van der Waals surface area contributed by atoms with Gasteiger partial charge in [-0.2, -0.15) is 4.31 Å². The molecule has 1 saturated heterocycles. The van der Waals surface area contributed by atoms with Crippen LogP contribution in [-0.4, -0.2) is 42.8 Å². The number of benzene rings is 2. The van der Waals surface area contributed by atoms with Crippen molar-refractivity contribution in [1.29, 1.82) is 0 Å². The number of carbonyl (C=O) groups excluding carboxylic acids is 1. The van der Waals surface area contributed by atoms with Crippen molar-refractivity contribution in [3.8, 4) is 17.0 Å². The lowest BCUT2D eigenvalue weighted by Crippen LogP contribution is -2.37. The van der Waals surface area contributed by atoms with Gasteiger partial charge in [-0.25, -0.2) is 13.4 Å². The minimum atomic E-state index is -3.64. The van der Waals surface area contributed by atoms with Crippen molar-refractivity contribution in [2.75, 3.05) is 18.5 Å². The summed E-state index contributed by atoms with van der Waals surface area (Å²) >= 11 is 1.40. The zero-order valence-electron chi connectivity index (χ0n) is 22.6. The van der Waals surface area contributed by atoms with Crippen LogP contribution in [0.15, 0.2) is 53.4 Å². The SMILES string of the molecule is CCOc1ccc(-c2nc(NC(=O)c3ccc(S(=O)(=O)N4CC5(C)CC4CC(C)(C)C5)cc3)sc2C)cc1. The molecule has 7 nitrogen and oxygen atoms in total. The van der Waals surface area contributed by atoms with Gasteiger partial charge in [0.15, 0.2) is 5.13 Å². The first kappa shape index (κ1) is 26.8. The summed E-state index contributed by atoms with van der Waals surface area (Å²) in [5.74, 6) is 0.473. The highest BCUT2D eigenvalue weighted by atomic mass is 32.2. The average molecular weight is 554 g/mol. The molecular formula is C29H35N3O4S2. The first-order valence-electron chi connectivity index (χ1n) is 13.0. The van der Waals surface area contributed by atoms with Gasteiger partial charge in [-0.3, -0.25) is 10.1 Å². The number of thiazole rings is 1. The number of fused-ring (bicyclic) bond motifs is 2. The van der Waals surface area contributed by atoms with Crippen LogP contribution in [0.2, 0.25) is 0 Å². The number of hydrogen-bond acceptors (Lipinski definition) is 6. The van der Waals surface area contributed by atoms with Gasteiger partial charge in [-0.1, -0.05) is 20.8 Å². The molecule has 2 bridgehead atoms. The van der Waals surface area contributed by atoms with Gasteiger partial charge in [0, 0.05) is 28.6 Å².